The average molecular weight is 215 g/mol. The molecule has 0 aromatic heterocycles. The average Bonchev–Trinajstić information content (AvgIpc) is 2.37. The number of hydrogen-bond acceptors (Lipinski definition) is 1. The molecule has 1 heteroatoms. The van der Waals surface area contributed by atoms with Crippen LogP contribution < -0.4 is 5.32 Å². The van der Waals surface area contributed by atoms with E-state index < -0.39 is 0 Å². The first-order valence-corrected chi connectivity index (χ1v) is 6.36. The molecule has 1 atom stereocenters. The van der Waals surface area contributed by atoms with E-state index in [-0.39, 0.29) is 0 Å². The van der Waals surface area contributed by atoms with Crippen LogP contribution in [-0.4, -0.2) is 6.54 Å². The van der Waals surface area contributed by atoms with Crippen molar-refractivity contribution in [1.29, 1.82) is 0 Å². The van der Waals surface area contributed by atoms with Crippen molar-refractivity contribution in [2.24, 2.45) is 5.92 Å². The molecule has 0 heterocycles. The normalized spacial score (nSPS) is 19.9. The molecule has 0 radical (unpaired) electrons. The first-order valence-electron chi connectivity index (χ1n) is 6.36. The Bertz CT molecular complexity index is 315. The summed E-state index contributed by atoms with van der Waals surface area (Å²) in [5.41, 5.74) is 1.38. The second-order valence-electron chi connectivity index (χ2n) is 4.57. The molecule has 16 heavy (non-hydrogen) atoms. The maximum atomic E-state index is 3.52. The minimum Gasteiger partial charge on any atom is -0.313 e. The number of hydrogen-bond donors (Lipinski definition) is 1. The molecule has 1 unspecified atom stereocenters. The van der Waals surface area contributed by atoms with Gasteiger partial charge in [-0.2, -0.15) is 0 Å². The Kier molecular flexibility index (Phi) is 4.63. The lowest BCUT2D eigenvalue weighted by atomic mass is 9.93. The summed E-state index contributed by atoms with van der Waals surface area (Å²) in [6, 6.07) is 10.6. The molecule has 2 rings (SSSR count). The van der Waals surface area contributed by atoms with Crippen LogP contribution in [0.15, 0.2) is 42.5 Å². The second-order valence-corrected chi connectivity index (χ2v) is 4.57. The molecule has 0 saturated carbocycles. The Morgan fingerprint density at radius 1 is 1.19 bits per heavy atom. The van der Waals surface area contributed by atoms with Crippen LogP contribution in [0.2, 0.25) is 0 Å². The zero-order valence-electron chi connectivity index (χ0n) is 9.86. The van der Waals surface area contributed by atoms with E-state index in [1.165, 1.54) is 31.2 Å². The van der Waals surface area contributed by atoms with Crippen molar-refractivity contribution in [3.05, 3.63) is 48.0 Å². The molecule has 0 bridgehead atoms. The fourth-order valence-corrected chi connectivity index (χ4v) is 2.24. The van der Waals surface area contributed by atoms with Gasteiger partial charge in [0, 0.05) is 6.54 Å². The monoisotopic (exact) mass is 215 g/mol. The summed E-state index contributed by atoms with van der Waals surface area (Å²) in [5.74, 6) is 0.817. The van der Waals surface area contributed by atoms with Crippen LogP contribution in [0.3, 0.4) is 0 Å². The highest BCUT2D eigenvalue weighted by atomic mass is 14.8. The van der Waals surface area contributed by atoms with Gasteiger partial charge in [-0.15, -0.1) is 0 Å². The van der Waals surface area contributed by atoms with E-state index in [0.29, 0.717) is 0 Å². The van der Waals surface area contributed by atoms with Gasteiger partial charge in [0.05, 0.1) is 0 Å². The Balaban J connectivity index is 1.61. The van der Waals surface area contributed by atoms with Gasteiger partial charge in [-0.3, -0.25) is 0 Å². The van der Waals surface area contributed by atoms with Gasteiger partial charge in [-0.25, -0.2) is 0 Å². The highest BCUT2D eigenvalue weighted by Gasteiger charge is 2.07. The van der Waals surface area contributed by atoms with Gasteiger partial charge in [-0.05, 0) is 43.7 Å². The van der Waals surface area contributed by atoms with Crippen LogP contribution in [0.1, 0.15) is 31.2 Å². The number of rotatable bonds is 5. The quantitative estimate of drug-likeness (QED) is 0.585. The number of nitrogens with one attached hydrogen (secondary N) is 1. The van der Waals surface area contributed by atoms with Gasteiger partial charge < -0.3 is 5.32 Å². The van der Waals surface area contributed by atoms with Crippen LogP contribution in [0.5, 0.6) is 0 Å². The fourth-order valence-electron chi connectivity index (χ4n) is 2.24. The zero-order valence-corrected chi connectivity index (χ0v) is 9.86. The Morgan fingerprint density at radius 3 is 2.81 bits per heavy atom. The SMILES string of the molecule is C1=CC(CCNCc2ccccc2)CCC1. The molecule has 0 saturated heterocycles. The second kappa shape index (κ2) is 6.49. The number of allylic oxidation sites excluding steroid dienone is 2. The van der Waals surface area contributed by atoms with Crippen molar-refractivity contribution in [2.45, 2.75) is 32.2 Å². The van der Waals surface area contributed by atoms with E-state index in [1.807, 2.05) is 0 Å². The maximum Gasteiger partial charge on any atom is 0.0205 e. The highest BCUT2D eigenvalue weighted by molar-refractivity contribution is 5.14. The van der Waals surface area contributed by atoms with Gasteiger partial charge in [0.2, 0.25) is 0 Å². The van der Waals surface area contributed by atoms with E-state index >= 15 is 0 Å². The van der Waals surface area contributed by atoms with Gasteiger partial charge in [-0.1, -0.05) is 42.5 Å². The van der Waals surface area contributed by atoms with Crippen molar-refractivity contribution >= 4 is 0 Å². The standard InChI is InChI=1S/C15H21N/c1-3-7-14(8-4-1)11-12-16-13-15-9-5-2-6-10-15/h2-3,5-7,9-10,14,16H,1,4,8,11-13H2. The van der Waals surface area contributed by atoms with E-state index in [0.717, 1.165) is 19.0 Å². The van der Waals surface area contributed by atoms with Crippen LogP contribution in [-0.2, 0) is 6.54 Å². The van der Waals surface area contributed by atoms with Crippen LogP contribution >= 0.6 is 0 Å². The summed E-state index contributed by atoms with van der Waals surface area (Å²) < 4.78 is 0. The fraction of sp³-hybridized carbons (Fsp3) is 0.467. The topological polar surface area (TPSA) is 12.0 Å². The molecule has 0 aliphatic heterocycles. The Morgan fingerprint density at radius 2 is 2.06 bits per heavy atom. The molecule has 1 aromatic rings. The third-order valence-electron chi connectivity index (χ3n) is 3.22. The molecule has 1 aromatic carbocycles. The molecule has 1 N–H and O–H groups in total. The third kappa shape index (κ3) is 3.82. The summed E-state index contributed by atoms with van der Waals surface area (Å²) in [4.78, 5) is 0. The minimum atomic E-state index is 0.817. The predicted octanol–water partition coefficient (Wildman–Crippen LogP) is 3.52. The van der Waals surface area contributed by atoms with Crippen molar-refractivity contribution in [1.82, 2.24) is 5.32 Å². The van der Waals surface area contributed by atoms with Gasteiger partial charge >= 0.3 is 0 Å². The van der Waals surface area contributed by atoms with Crippen LogP contribution in [0, 0.1) is 5.92 Å². The summed E-state index contributed by atoms with van der Waals surface area (Å²) >= 11 is 0. The first-order chi connectivity index (χ1) is 7.95. The molecule has 1 aliphatic carbocycles. The summed E-state index contributed by atoms with van der Waals surface area (Å²) in [6.45, 7) is 2.13. The molecule has 1 nitrogen and oxygen atoms in total. The smallest absolute Gasteiger partial charge is 0.0205 e. The lowest BCUT2D eigenvalue weighted by Crippen LogP contribution is -2.17. The molecular formula is C15H21N. The van der Waals surface area contributed by atoms with E-state index in [2.05, 4.69) is 47.8 Å². The maximum absolute atomic E-state index is 3.52. The summed E-state index contributed by atoms with van der Waals surface area (Å²) in [5, 5.41) is 3.52. The summed E-state index contributed by atoms with van der Waals surface area (Å²) in [6.07, 6.45) is 10.1. The minimum absolute atomic E-state index is 0.817. The molecule has 0 amide bonds. The van der Waals surface area contributed by atoms with Crippen molar-refractivity contribution in [3.8, 4) is 0 Å². The van der Waals surface area contributed by atoms with Crippen molar-refractivity contribution < 1.29 is 0 Å². The molecule has 0 spiro atoms. The largest absolute Gasteiger partial charge is 0.313 e. The zero-order chi connectivity index (χ0) is 11.1. The van der Waals surface area contributed by atoms with Crippen molar-refractivity contribution in [3.63, 3.8) is 0 Å². The summed E-state index contributed by atoms with van der Waals surface area (Å²) in [7, 11) is 0. The Labute approximate surface area is 98.6 Å². The lowest BCUT2D eigenvalue weighted by molar-refractivity contribution is 0.483. The van der Waals surface area contributed by atoms with E-state index in [9.17, 15) is 0 Å². The highest BCUT2D eigenvalue weighted by Crippen LogP contribution is 2.19. The van der Waals surface area contributed by atoms with Crippen molar-refractivity contribution in [2.75, 3.05) is 6.54 Å². The third-order valence-corrected chi connectivity index (χ3v) is 3.22. The Hall–Kier alpha value is -1.08. The van der Waals surface area contributed by atoms with Gasteiger partial charge in [0.25, 0.3) is 0 Å². The van der Waals surface area contributed by atoms with Crippen LogP contribution in [0.25, 0.3) is 0 Å². The van der Waals surface area contributed by atoms with E-state index in [1.54, 1.807) is 0 Å². The molecule has 86 valence electrons. The first kappa shape index (κ1) is 11.4. The van der Waals surface area contributed by atoms with Crippen LogP contribution in [0.4, 0.5) is 0 Å². The molecule has 1 aliphatic rings. The molecule has 0 fully saturated rings. The van der Waals surface area contributed by atoms with Gasteiger partial charge in [0.15, 0.2) is 0 Å². The van der Waals surface area contributed by atoms with Gasteiger partial charge in [0.1, 0.15) is 0 Å². The van der Waals surface area contributed by atoms with E-state index in [4.69, 9.17) is 0 Å². The predicted molar refractivity (Wildman–Crippen MR) is 69.2 cm³/mol. The molecular weight excluding hydrogens is 194 g/mol. The lowest BCUT2D eigenvalue weighted by Gasteiger charge is -2.16. The number of benzene rings is 1.